The molecular weight excluding hydrogens is 592 g/mol. The van der Waals surface area contributed by atoms with E-state index in [1.165, 1.54) is 0 Å². The number of rotatable bonds is 4. The number of para-hydroxylation sites is 1. The summed E-state index contributed by atoms with van der Waals surface area (Å²) in [5.41, 5.74) is 8.55. The number of furan rings is 2. The fourth-order valence-electron chi connectivity index (χ4n) is 7.05. The van der Waals surface area contributed by atoms with E-state index >= 15 is 0 Å². The Bertz CT molecular complexity index is 2770. The summed E-state index contributed by atoms with van der Waals surface area (Å²) in [6, 6.07) is 45.8. The summed E-state index contributed by atoms with van der Waals surface area (Å²) in [6.07, 6.45) is 3.27. The Balaban J connectivity index is 1.14. The summed E-state index contributed by atoms with van der Waals surface area (Å²) in [6.45, 7) is 0. The van der Waals surface area contributed by atoms with Crippen molar-refractivity contribution in [2.24, 2.45) is 9.98 Å². The van der Waals surface area contributed by atoms with Gasteiger partial charge in [-0.15, -0.1) is 0 Å². The first-order valence-corrected chi connectivity index (χ1v) is 16.0. The highest BCUT2D eigenvalue weighted by molar-refractivity contribution is 6.23. The van der Waals surface area contributed by atoms with Crippen molar-refractivity contribution in [2.75, 3.05) is 0 Å². The van der Waals surface area contributed by atoms with E-state index in [4.69, 9.17) is 18.8 Å². The van der Waals surface area contributed by atoms with Crippen LogP contribution in [-0.4, -0.2) is 16.7 Å². The largest absolute Gasteiger partial charge is 0.456 e. The smallest absolute Gasteiger partial charge is 0.160 e. The van der Waals surface area contributed by atoms with E-state index in [1.54, 1.807) is 6.20 Å². The van der Waals surface area contributed by atoms with Gasteiger partial charge >= 0.3 is 0 Å². The van der Waals surface area contributed by atoms with Gasteiger partial charge in [0.05, 0.1) is 6.20 Å². The lowest BCUT2D eigenvalue weighted by Gasteiger charge is -2.24. The lowest BCUT2D eigenvalue weighted by atomic mass is 9.95. The van der Waals surface area contributed by atoms with E-state index in [0.717, 1.165) is 88.3 Å². The highest BCUT2D eigenvalue weighted by Crippen LogP contribution is 2.38. The van der Waals surface area contributed by atoms with Crippen LogP contribution in [-0.2, 0) is 0 Å². The maximum atomic E-state index is 6.23. The zero-order chi connectivity index (χ0) is 31.6. The second-order valence-corrected chi connectivity index (χ2v) is 12.0. The van der Waals surface area contributed by atoms with Crippen molar-refractivity contribution in [3.63, 3.8) is 0 Å². The summed E-state index contributed by atoms with van der Waals surface area (Å²) in [7, 11) is 0. The number of nitrogens with one attached hydrogen (secondary N) is 1. The quantitative estimate of drug-likeness (QED) is 0.213. The van der Waals surface area contributed by atoms with E-state index in [2.05, 4.69) is 77.0 Å². The van der Waals surface area contributed by atoms with Crippen molar-refractivity contribution in [3.05, 3.63) is 163 Å². The number of fused-ring (bicyclic) bond motifs is 7. The van der Waals surface area contributed by atoms with Gasteiger partial charge in [-0.3, -0.25) is 4.98 Å². The molecule has 0 bridgehead atoms. The van der Waals surface area contributed by atoms with E-state index in [0.29, 0.717) is 5.84 Å². The number of benzene rings is 6. The zero-order valence-electron chi connectivity index (χ0n) is 25.6. The predicted molar refractivity (Wildman–Crippen MR) is 194 cm³/mol. The minimum absolute atomic E-state index is 0.321. The van der Waals surface area contributed by atoms with Crippen LogP contribution in [0.15, 0.2) is 165 Å². The summed E-state index contributed by atoms with van der Waals surface area (Å²) >= 11 is 0. The maximum Gasteiger partial charge on any atom is 0.160 e. The van der Waals surface area contributed by atoms with Crippen LogP contribution in [0, 0.1) is 0 Å². The third-order valence-corrected chi connectivity index (χ3v) is 9.25. The molecular formula is C42H26N4O2. The van der Waals surface area contributed by atoms with Gasteiger partial charge in [0, 0.05) is 38.9 Å². The molecule has 0 aliphatic carbocycles. The van der Waals surface area contributed by atoms with E-state index in [1.807, 2.05) is 72.9 Å². The number of nitrogens with zero attached hydrogens (tertiary/aromatic N) is 3. The summed E-state index contributed by atoms with van der Waals surface area (Å²) in [5, 5.41) is 10.1. The van der Waals surface area contributed by atoms with Gasteiger partial charge in [-0.2, -0.15) is 0 Å². The Labute approximate surface area is 274 Å². The lowest BCUT2D eigenvalue weighted by molar-refractivity contribution is 0.667. The first-order chi connectivity index (χ1) is 23.8. The van der Waals surface area contributed by atoms with Crippen molar-refractivity contribution in [1.29, 1.82) is 0 Å². The highest BCUT2D eigenvalue weighted by atomic mass is 16.3. The first-order valence-electron chi connectivity index (χ1n) is 16.0. The molecule has 1 atom stereocenters. The van der Waals surface area contributed by atoms with Crippen molar-refractivity contribution in [2.45, 2.75) is 6.17 Å². The molecule has 0 saturated carbocycles. The van der Waals surface area contributed by atoms with E-state index in [9.17, 15) is 0 Å². The number of hydrogen-bond donors (Lipinski definition) is 1. The molecule has 6 heteroatoms. The molecule has 1 N–H and O–H groups in total. The van der Waals surface area contributed by atoms with Gasteiger partial charge in [0.1, 0.15) is 28.8 Å². The van der Waals surface area contributed by atoms with Crippen molar-refractivity contribution in [3.8, 4) is 11.1 Å². The van der Waals surface area contributed by atoms with Crippen LogP contribution < -0.4 is 5.32 Å². The number of pyridine rings is 1. The van der Waals surface area contributed by atoms with Crippen molar-refractivity contribution >= 4 is 66.3 Å². The van der Waals surface area contributed by atoms with E-state index < -0.39 is 0 Å². The van der Waals surface area contributed by atoms with Gasteiger partial charge < -0.3 is 14.2 Å². The zero-order valence-corrected chi connectivity index (χ0v) is 25.6. The van der Waals surface area contributed by atoms with Gasteiger partial charge in [-0.1, -0.05) is 103 Å². The molecule has 9 aromatic rings. The topological polar surface area (TPSA) is 75.9 Å². The summed E-state index contributed by atoms with van der Waals surface area (Å²) in [5.74, 6) is 1.43. The molecule has 6 nitrogen and oxygen atoms in total. The van der Waals surface area contributed by atoms with Crippen LogP contribution in [0.25, 0.3) is 65.8 Å². The molecule has 0 fully saturated rings. The number of aromatic nitrogens is 1. The van der Waals surface area contributed by atoms with Crippen molar-refractivity contribution in [1.82, 2.24) is 10.3 Å². The number of aliphatic imine (C=N–C) groups is 2. The second kappa shape index (κ2) is 10.5. The fourth-order valence-corrected chi connectivity index (χ4v) is 7.05. The number of hydrogen-bond acceptors (Lipinski definition) is 6. The van der Waals surface area contributed by atoms with Gasteiger partial charge in [0.25, 0.3) is 0 Å². The standard InChI is InChI=1S/C42H26N4O2/c1-2-9-25(10-3-1)40-44-41(46-42(45-40)33-15-8-18-36-39(33)31-12-4-5-16-34(31)47-36)30-14-6-11-26-23-27(19-20-28(26)30)29-13-7-17-35-38(29)32-21-22-43-24-37(32)48-35/h1-24,40H,(H,44,45,46). The Hall–Kier alpha value is -6.53. The fraction of sp³-hybridized carbons (Fsp3) is 0.0238. The van der Waals surface area contributed by atoms with Crippen molar-refractivity contribution < 1.29 is 8.83 Å². The first kappa shape index (κ1) is 26.7. The average Bonchev–Trinajstić information content (AvgIpc) is 3.73. The number of amidine groups is 2. The second-order valence-electron chi connectivity index (χ2n) is 12.0. The monoisotopic (exact) mass is 618 g/mol. The third kappa shape index (κ3) is 4.16. The predicted octanol–water partition coefficient (Wildman–Crippen LogP) is 10.2. The van der Waals surface area contributed by atoms with Gasteiger partial charge in [0.2, 0.25) is 0 Å². The molecule has 0 saturated heterocycles. The van der Waals surface area contributed by atoms with Crippen LogP contribution in [0.4, 0.5) is 0 Å². The molecule has 226 valence electrons. The molecule has 10 rings (SSSR count). The average molecular weight is 619 g/mol. The maximum absolute atomic E-state index is 6.23. The molecule has 6 aromatic carbocycles. The SMILES string of the molecule is c1ccc(C2N=C(c3cccc4oc5ccccc5c34)N=C(c3cccc4cc(-c5cccc6oc7cnccc7c56)ccc34)N2)cc1. The molecule has 1 aliphatic heterocycles. The normalized spacial score (nSPS) is 14.9. The Kier molecular flexibility index (Phi) is 5.84. The molecule has 0 amide bonds. The molecule has 4 heterocycles. The highest BCUT2D eigenvalue weighted by Gasteiger charge is 2.24. The molecule has 48 heavy (non-hydrogen) atoms. The molecule has 0 spiro atoms. The molecule has 1 unspecified atom stereocenters. The minimum Gasteiger partial charge on any atom is -0.456 e. The summed E-state index contributed by atoms with van der Waals surface area (Å²) in [4.78, 5) is 14.7. The van der Waals surface area contributed by atoms with Crippen LogP contribution in [0.2, 0.25) is 0 Å². The Morgan fingerprint density at radius 3 is 2.15 bits per heavy atom. The summed E-state index contributed by atoms with van der Waals surface area (Å²) < 4.78 is 12.4. The van der Waals surface area contributed by atoms with Gasteiger partial charge in [0.15, 0.2) is 11.4 Å². The Morgan fingerprint density at radius 1 is 0.542 bits per heavy atom. The van der Waals surface area contributed by atoms with Gasteiger partial charge in [-0.25, -0.2) is 9.98 Å². The third-order valence-electron chi connectivity index (χ3n) is 9.25. The lowest BCUT2D eigenvalue weighted by Crippen LogP contribution is -2.33. The van der Waals surface area contributed by atoms with E-state index in [-0.39, 0.29) is 6.17 Å². The van der Waals surface area contributed by atoms with Gasteiger partial charge in [-0.05, 0) is 57.8 Å². The van der Waals surface area contributed by atoms with Crippen LogP contribution in [0.3, 0.4) is 0 Å². The molecule has 3 aromatic heterocycles. The van der Waals surface area contributed by atoms with Crippen LogP contribution in [0.1, 0.15) is 22.9 Å². The van der Waals surface area contributed by atoms with Crippen LogP contribution in [0.5, 0.6) is 0 Å². The minimum atomic E-state index is -0.321. The van der Waals surface area contributed by atoms with Crippen LogP contribution >= 0.6 is 0 Å². The Morgan fingerprint density at radius 2 is 1.25 bits per heavy atom. The molecule has 1 aliphatic rings. The molecule has 0 radical (unpaired) electrons.